The third kappa shape index (κ3) is 3.03. The van der Waals surface area contributed by atoms with E-state index in [-0.39, 0.29) is 5.82 Å². The lowest BCUT2D eigenvalue weighted by atomic mass is 10.0. The summed E-state index contributed by atoms with van der Waals surface area (Å²) >= 11 is 0. The Kier molecular flexibility index (Phi) is 4.01. The molecule has 0 spiro atoms. The van der Waals surface area contributed by atoms with Gasteiger partial charge in [0.25, 0.3) is 0 Å². The summed E-state index contributed by atoms with van der Waals surface area (Å²) in [5.41, 5.74) is 8.16. The van der Waals surface area contributed by atoms with E-state index in [1.165, 1.54) is 31.3 Å². The van der Waals surface area contributed by atoms with Crippen molar-refractivity contribution in [3.8, 4) is 22.4 Å². The van der Waals surface area contributed by atoms with Crippen LogP contribution >= 0.6 is 0 Å². The number of pyridine rings is 1. The molecule has 0 radical (unpaired) electrons. The van der Waals surface area contributed by atoms with E-state index in [2.05, 4.69) is 19.9 Å². The van der Waals surface area contributed by atoms with Gasteiger partial charge in [-0.15, -0.1) is 0 Å². The van der Waals surface area contributed by atoms with E-state index >= 15 is 0 Å². The van der Waals surface area contributed by atoms with Crippen LogP contribution in [0.3, 0.4) is 0 Å². The third-order valence-electron chi connectivity index (χ3n) is 4.42. The fourth-order valence-electron chi connectivity index (χ4n) is 3.17. The van der Waals surface area contributed by atoms with Gasteiger partial charge in [-0.3, -0.25) is 4.98 Å². The maximum atomic E-state index is 14.7. The number of anilines is 2. The minimum absolute atomic E-state index is 0.311. The van der Waals surface area contributed by atoms with Gasteiger partial charge < -0.3 is 10.6 Å². The van der Waals surface area contributed by atoms with E-state index in [0.29, 0.717) is 17.1 Å². The number of nitrogen functional groups attached to an aromatic ring is 1. The van der Waals surface area contributed by atoms with E-state index in [9.17, 15) is 4.39 Å². The quantitative estimate of drug-likeness (QED) is 0.793. The minimum Gasteiger partial charge on any atom is -0.382 e. The molecule has 1 aliphatic heterocycles. The van der Waals surface area contributed by atoms with Crippen molar-refractivity contribution in [1.29, 1.82) is 0 Å². The van der Waals surface area contributed by atoms with Crippen LogP contribution in [0.2, 0.25) is 0 Å². The predicted molar refractivity (Wildman–Crippen MR) is 96.5 cm³/mol. The summed E-state index contributed by atoms with van der Waals surface area (Å²) in [5, 5.41) is 0. The molecule has 3 heterocycles. The van der Waals surface area contributed by atoms with Crippen LogP contribution in [-0.2, 0) is 0 Å². The highest BCUT2D eigenvalue weighted by Crippen LogP contribution is 2.33. The van der Waals surface area contributed by atoms with Crippen molar-refractivity contribution in [3.05, 3.63) is 54.7 Å². The van der Waals surface area contributed by atoms with Crippen molar-refractivity contribution < 1.29 is 4.39 Å². The highest BCUT2D eigenvalue weighted by molar-refractivity contribution is 5.77. The summed E-state index contributed by atoms with van der Waals surface area (Å²) in [5.74, 6) is 0.888. The first-order valence-electron chi connectivity index (χ1n) is 8.30. The lowest BCUT2D eigenvalue weighted by molar-refractivity contribution is 0.631. The molecule has 1 aromatic carbocycles. The third-order valence-corrected chi connectivity index (χ3v) is 4.42. The smallest absolute Gasteiger partial charge is 0.141 e. The Hall–Kier alpha value is -3.02. The number of benzene rings is 1. The van der Waals surface area contributed by atoms with Crippen molar-refractivity contribution in [1.82, 2.24) is 15.0 Å². The number of nitrogens with two attached hydrogens (primary N) is 1. The van der Waals surface area contributed by atoms with Gasteiger partial charge in [0.2, 0.25) is 0 Å². The molecule has 2 N–H and O–H groups in total. The number of aromatic nitrogens is 3. The largest absolute Gasteiger partial charge is 0.382 e. The number of nitrogens with zero attached hydrogens (tertiary/aromatic N) is 4. The van der Waals surface area contributed by atoms with E-state index in [1.54, 1.807) is 12.3 Å². The average molecular weight is 335 g/mol. The Morgan fingerprint density at radius 2 is 1.80 bits per heavy atom. The Labute approximate surface area is 145 Å². The maximum absolute atomic E-state index is 14.7. The molecular weight excluding hydrogens is 317 g/mol. The number of halogens is 1. The van der Waals surface area contributed by atoms with Gasteiger partial charge >= 0.3 is 0 Å². The Morgan fingerprint density at radius 3 is 2.52 bits per heavy atom. The van der Waals surface area contributed by atoms with E-state index in [4.69, 9.17) is 5.73 Å². The Bertz CT molecular complexity index is 889. The SMILES string of the molecule is Nc1cnc(-c2ccc(-c3cccnc3N3CCCC3)cc2F)cn1. The summed E-state index contributed by atoms with van der Waals surface area (Å²) < 4.78 is 14.7. The van der Waals surface area contributed by atoms with Crippen LogP contribution in [0.5, 0.6) is 0 Å². The molecule has 0 unspecified atom stereocenters. The lowest BCUT2D eigenvalue weighted by Crippen LogP contribution is -2.19. The molecule has 5 nitrogen and oxygen atoms in total. The number of hydrogen-bond acceptors (Lipinski definition) is 5. The van der Waals surface area contributed by atoms with E-state index in [1.807, 2.05) is 18.2 Å². The van der Waals surface area contributed by atoms with Gasteiger partial charge in [0.15, 0.2) is 0 Å². The second-order valence-corrected chi connectivity index (χ2v) is 6.09. The zero-order valence-electron chi connectivity index (χ0n) is 13.7. The van der Waals surface area contributed by atoms with Crippen LogP contribution < -0.4 is 10.6 Å². The molecule has 0 amide bonds. The molecule has 0 atom stereocenters. The second kappa shape index (κ2) is 6.47. The highest BCUT2D eigenvalue weighted by Gasteiger charge is 2.18. The first-order chi connectivity index (χ1) is 12.2. The summed E-state index contributed by atoms with van der Waals surface area (Å²) in [6.45, 7) is 1.98. The first kappa shape index (κ1) is 15.5. The van der Waals surface area contributed by atoms with Crippen molar-refractivity contribution in [2.75, 3.05) is 23.7 Å². The molecule has 126 valence electrons. The molecule has 4 rings (SSSR count). The fourth-order valence-corrected chi connectivity index (χ4v) is 3.17. The molecule has 1 saturated heterocycles. The summed E-state index contributed by atoms with van der Waals surface area (Å²) in [7, 11) is 0. The summed E-state index contributed by atoms with van der Waals surface area (Å²) in [4.78, 5) is 14.9. The number of hydrogen-bond donors (Lipinski definition) is 1. The summed E-state index contributed by atoms with van der Waals surface area (Å²) in [6, 6.07) is 9.02. The van der Waals surface area contributed by atoms with Gasteiger partial charge in [-0.25, -0.2) is 14.4 Å². The fraction of sp³-hybridized carbons (Fsp3) is 0.211. The molecule has 25 heavy (non-hydrogen) atoms. The van der Waals surface area contributed by atoms with Crippen LogP contribution in [-0.4, -0.2) is 28.0 Å². The molecule has 0 aliphatic carbocycles. The monoisotopic (exact) mass is 335 g/mol. The molecule has 1 aliphatic rings. The van der Waals surface area contributed by atoms with Gasteiger partial charge in [-0.05, 0) is 42.7 Å². The molecule has 2 aromatic heterocycles. The van der Waals surface area contributed by atoms with Crippen molar-refractivity contribution in [2.24, 2.45) is 0 Å². The highest BCUT2D eigenvalue weighted by atomic mass is 19.1. The molecule has 0 saturated carbocycles. The normalized spacial score (nSPS) is 14.0. The molecule has 0 bridgehead atoms. The Morgan fingerprint density at radius 1 is 0.960 bits per heavy atom. The zero-order valence-corrected chi connectivity index (χ0v) is 13.7. The standard InChI is InChI=1S/C19H18FN5/c20-16-10-13(5-6-15(16)17-11-24-18(21)12-23-17)14-4-3-7-22-19(14)25-8-1-2-9-25/h3-7,10-12H,1-2,8-9H2,(H2,21,24). The van der Waals surface area contributed by atoms with Crippen LogP contribution in [0, 0.1) is 5.82 Å². The molecule has 1 fully saturated rings. The average Bonchev–Trinajstić information content (AvgIpc) is 3.17. The van der Waals surface area contributed by atoms with Gasteiger partial charge in [0.1, 0.15) is 17.5 Å². The van der Waals surface area contributed by atoms with Crippen molar-refractivity contribution >= 4 is 11.6 Å². The second-order valence-electron chi connectivity index (χ2n) is 6.09. The Balaban J connectivity index is 1.73. The van der Waals surface area contributed by atoms with Gasteiger partial charge in [-0.1, -0.05) is 6.07 Å². The topological polar surface area (TPSA) is 67.9 Å². The first-order valence-corrected chi connectivity index (χ1v) is 8.30. The maximum Gasteiger partial charge on any atom is 0.141 e. The summed E-state index contributed by atoms with van der Waals surface area (Å²) in [6.07, 6.45) is 7.02. The number of rotatable bonds is 3. The lowest BCUT2D eigenvalue weighted by Gasteiger charge is -2.20. The van der Waals surface area contributed by atoms with Crippen LogP contribution in [0.4, 0.5) is 16.0 Å². The predicted octanol–water partition coefficient (Wildman–Crippen LogP) is 3.53. The molecular formula is C19H18FN5. The zero-order chi connectivity index (χ0) is 17.2. The van der Waals surface area contributed by atoms with Crippen LogP contribution in [0.15, 0.2) is 48.9 Å². The van der Waals surface area contributed by atoms with Gasteiger partial charge in [0, 0.05) is 30.4 Å². The van der Waals surface area contributed by atoms with Crippen LogP contribution in [0.25, 0.3) is 22.4 Å². The van der Waals surface area contributed by atoms with Gasteiger partial charge in [-0.2, -0.15) is 0 Å². The van der Waals surface area contributed by atoms with Crippen molar-refractivity contribution in [3.63, 3.8) is 0 Å². The molecule has 6 heteroatoms. The van der Waals surface area contributed by atoms with Gasteiger partial charge in [0.05, 0.1) is 18.1 Å². The van der Waals surface area contributed by atoms with E-state index < -0.39 is 0 Å². The molecule has 3 aromatic rings. The van der Waals surface area contributed by atoms with Crippen molar-refractivity contribution in [2.45, 2.75) is 12.8 Å². The van der Waals surface area contributed by atoms with Crippen LogP contribution in [0.1, 0.15) is 12.8 Å². The minimum atomic E-state index is -0.340. The van der Waals surface area contributed by atoms with E-state index in [0.717, 1.165) is 30.0 Å².